The van der Waals surface area contributed by atoms with Crippen molar-refractivity contribution in [2.24, 2.45) is 0 Å². The van der Waals surface area contributed by atoms with Crippen LogP contribution in [0.25, 0.3) is 77.5 Å². The van der Waals surface area contributed by atoms with E-state index in [2.05, 4.69) is 133 Å². The lowest BCUT2D eigenvalue weighted by molar-refractivity contribution is 0.654. The van der Waals surface area contributed by atoms with Crippen molar-refractivity contribution in [2.45, 2.75) is 0 Å². The van der Waals surface area contributed by atoms with Crippen LogP contribution in [0.2, 0.25) is 0 Å². The van der Waals surface area contributed by atoms with Gasteiger partial charge < -0.3 is 9.32 Å². The van der Waals surface area contributed by atoms with E-state index < -0.39 is 0 Å². The lowest BCUT2D eigenvalue weighted by atomic mass is 10.0. The van der Waals surface area contributed by atoms with Crippen LogP contribution in [0.4, 0.5) is 17.1 Å². The van der Waals surface area contributed by atoms with E-state index in [1.807, 2.05) is 48.8 Å². The molecule has 4 aromatic carbocycles. The third-order valence-electron chi connectivity index (χ3n) is 9.53. The zero-order valence-electron chi connectivity index (χ0n) is 27.8. The van der Waals surface area contributed by atoms with Gasteiger partial charge in [0.05, 0.1) is 22.1 Å². The van der Waals surface area contributed by atoms with Gasteiger partial charge in [-0.05, 0) is 119 Å². The Morgan fingerprint density at radius 1 is 0.365 bits per heavy atom. The molecule has 0 bridgehead atoms. The minimum Gasteiger partial charge on any atom is -0.438 e. The highest BCUT2D eigenvalue weighted by Crippen LogP contribution is 2.38. The summed E-state index contributed by atoms with van der Waals surface area (Å²) in [6.45, 7) is 0. The third-order valence-corrected chi connectivity index (χ3v) is 9.53. The number of furan rings is 1. The third kappa shape index (κ3) is 5.28. The van der Waals surface area contributed by atoms with E-state index in [9.17, 15) is 0 Å². The monoisotopic (exact) mass is 668 g/mol. The first kappa shape index (κ1) is 29.6. The summed E-state index contributed by atoms with van der Waals surface area (Å²) >= 11 is 0. The fourth-order valence-corrected chi connectivity index (χ4v) is 6.87. The molecular formula is C45H28N6O. The van der Waals surface area contributed by atoms with Crippen molar-refractivity contribution in [3.63, 3.8) is 0 Å². The molecule has 0 atom stereocenters. The molecule has 0 aliphatic rings. The topological polar surface area (TPSA) is 80.8 Å². The normalized spacial score (nSPS) is 11.5. The smallest absolute Gasteiger partial charge is 0.227 e. The molecule has 52 heavy (non-hydrogen) atoms. The molecule has 6 heterocycles. The summed E-state index contributed by atoms with van der Waals surface area (Å²) in [7, 11) is 0. The molecule has 0 saturated carbocycles. The molecule has 0 amide bonds. The molecule has 10 aromatic rings. The van der Waals surface area contributed by atoms with Crippen molar-refractivity contribution in [3.05, 3.63) is 171 Å². The lowest BCUT2D eigenvalue weighted by Gasteiger charge is -2.26. The standard InChI is InChI=1S/C45H28N6O/c1-4-39-38-20-13-32(26-44(38)52-45(39)48-23-1)29-7-14-35(15-8-29)51(36-16-9-30(10-17-36)33-24-42-40(49-27-33)5-2-21-46-42)37-18-11-31(12-19-37)34-25-43-41(50-28-34)6-3-22-47-43/h1-28H. The molecular weight excluding hydrogens is 641 g/mol. The summed E-state index contributed by atoms with van der Waals surface area (Å²) in [6.07, 6.45) is 9.17. The molecule has 0 radical (unpaired) electrons. The van der Waals surface area contributed by atoms with Crippen molar-refractivity contribution < 1.29 is 4.42 Å². The second-order valence-electron chi connectivity index (χ2n) is 12.7. The van der Waals surface area contributed by atoms with Crippen LogP contribution in [0.3, 0.4) is 0 Å². The second-order valence-corrected chi connectivity index (χ2v) is 12.7. The fraction of sp³-hybridized carbons (Fsp3) is 0. The molecule has 0 saturated heterocycles. The van der Waals surface area contributed by atoms with Gasteiger partial charge in [0.15, 0.2) is 0 Å². The van der Waals surface area contributed by atoms with Gasteiger partial charge >= 0.3 is 0 Å². The zero-order chi connectivity index (χ0) is 34.4. The number of nitrogens with zero attached hydrogens (tertiary/aromatic N) is 6. The van der Waals surface area contributed by atoms with Gasteiger partial charge in [0.25, 0.3) is 0 Å². The molecule has 0 aliphatic heterocycles. The Morgan fingerprint density at radius 3 is 1.40 bits per heavy atom. The van der Waals surface area contributed by atoms with Crippen molar-refractivity contribution >= 4 is 61.2 Å². The SMILES string of the molecule is c1cnc2cc(-c3ccc(N(c4ccc(-c5cnc6cccnc6c5)cc4)c4ccc(-c5ccc6c(c5)oc5ncccc56)cc4)cc3)cnc2c1. The van der Waals surface area contributed by atoms with Gasteiger partial charge in [-0.15, -0.1) is 0 Å². The van der Waals surface area contributed by atoms with E-state index in [0.29, 0.717) is 5.71 Å². The molecule has 0 aliphatic carbocycles. The zero-order valence-corrected chi connectivity index (χ0v) is 27.8. The predicted molar refractivity (Wildman–Crippen MR) is 209 cm³/mol. The van der Waals surface area contributed by atoms with E-state index in [1.54, 1.807) is 18.6 Å². The predicted octanol–water partition coefficient (Wildman–Crippen LogP) is 11.3. The van der Waals surface area contributed by atoms with E-state index in [0.717, 1.165) is 88.9 Å². The van der Waals surface area contributed by atoms with Crippen molar-refractivity contribution in [3.8, 4) is 33.4 Å². The van der Waals surface area contributed by atoms with Crippen LogP contribution in [0.15, 0.2) is 175 Å². The Hall–Kier alpha value is -7.25. The van der Waals surface area contributed by atoms with E-state index in [4.69, 9.17) is 4.42 Å². The van der Waals surface area contributed by atoms with Gasteiger partial charge in [0.2, 0.25) is 5.71 Å². The van der Waals surface area contributed by atoms with Crippen LogP contribution in [-0.4, -0.2) is 24.9 Å². The van der Waals surface area contributed by atoms with Gasteiger partial charge in [0, 0.05) is 69.9 Å². The number of benzene rings is 4. The first-order valence-corrected chi connectivity index (χ1v) is 17.0. The number of rotatable bonds is 6. The van der Waals surface area contributed by atoms with Gasteiger partial charge in [-0.1, -0.05) is 42.5 Å². The molecule has 0 N–H and O–H groups in total. The average molecular weight is 669 g/mol. The molecule has 6 aromatic heterocycles. The van der Waals surface area contributed by atoms with Gasteiger partial charge in [0.1, 0.15) is 5.58 Å². The van der Waals surface area contributed by atoms with E-state index in [1.165, 1.54) is 0 Å². The summed E-state index contributed by atoms with van der Waals surface area (Å²) < 4.78 is 6.08. The second kappa shape index (κ2) is 12.3. The molecule has 244 valence electrons. The minimum atomic E-state index is 0.653. The number of hydrogen-bond acceptors (Lipinski definition) is 7. The minimum absolute atomic E-state index is 0.653. The van der Waals surface area contributed by atoms with Crippen molar-refractivity contribution in [1.29, 1.82) is 0 Å². The Bertz CT molecular complexity index is 2780. The number of aromatic nitrogens is 5. The molecule has 0 fully saturated rings. The van der Waals surface area contributed by atoms with Gasteiger partial charge in [-0.2, -0.15) is 0 Å². The van der Waals surface area contributed by atoms with E-state index in [-0.39, 0.29) is 0 Å². The van der Waals surface area contributed by atoms with Crippen LogP contribution in [-0.2, 0) is 0 Å². The Kier molecular flexibility index (Phi) is 6.99. The van der Waals surface area contributed by atoms with Crippen LogP contribution in [0.5, 0.6) is 0 Å². The van der Waals surface area contributed by atoms with Crippen LogP contribution in [0.1, 0.15) is 0 Å². The summed E-state index contributed by atoms with van der Waals surface area (Å²) in [5.41, 5.74) is 14.4. The lowest BCUT2D eigenvalue weighted by Crippen LogP contribution is -2.09. The highest BCUT2D eigenvalue weighted by atomic mass is 16.3. The summed E-state index contributed by atoms with van der Waals surface area (Å²) in [6, 6.07) is 48.1. The Labute approximate surface area is 298 Å². The maximum Gasteiger partial charge on any atom is 0.227 e. The Morgan fingerprint density at radius 2 is 0.846 bits per heavy atom. The van der Waals surface area contributed by atoms with Crippen molar-refractivity contribution in [2.75, 3.05) is 4.90 Å². The largest absolute Gasteiger partial charge is 0.438 e. The quantitative estimate of drug-likeness (QED) is 0.174. The van der Waals surface area contributed by atoms with Gasteiger partial charge in [-0.25, -0.2) is 4.98 Å². The maximum atomic E-state index is 6.08. The molecule has 7 nitrogen and oxygen atoms in total. The number of pyridine rings is 5. The summed E-state index contributed by atoms with van der Waals surface area (Å²) in [5, 5.41) is 2.09. The molecule has 0 unspecified atom stereocenters. The number of anilines is 3. The first-order chi connectivity index (χ1) is 25.7. The number of fused-ring (bicyclic) bond motifs is 5. The molecule has 0 spiro atoms. The van der Waals surface area contributed by atoms with Crippen molar-refractivity contribution in [1.82, 2.24) is 24.9 Å². The van der Waals surface area contributed by atoms with E-state index >= 15 is 0 Å². The van der Waals surface area contributed by atoms with Gasteiger partial charge in [-0.3, -0.25) is 19.9 Å². The fourth-order valence-electron chi connectivity index (χ4n) is 6.87. The summed E-state index contributed by atoms with van der Waals surface area (Å²) in [5.74, 6) is 0. The Balaban J connectivity index is 1.02. The highest BCUT2D eigenvalue weighted by molar-refractivity contribution is 6.04. The van der Waals surface area contributed by atoms with Crippen LogP contribution < -0.4 is 4.90 Å². The highest BCUT2D eigenvalue weighted by Gasteiger charge is 2.15. The summed E-state index contributed by atoms with van der Waals surface area (Å²) in [4.78, 5) is 24.9. The molecule has 7 heteroatoms. The number of hydrogen-bond donors (Lipinski definition) is 0. The first-order valence-electron chi connectivity index (χ1n) is 17.0. The van der Waals surface area contributed by atoms with Crippen LogP contribution >= 0.6 is 0 Å². The average Bonchev–Trinajstić information content (AvgIpc) is 3.59. The van der Waals surface area contributed by atoms with Crippen LogP contribution in [0, 0.1) is 0 Å². The molecule has 10 rings (SSSR count). The maximum absolute atomic E-state index is 6.08.